The fourth-order valence-corrected chi connectivity index (χ4v) is 8.56. The van der Waals surface area contributed by atoms with Crippen molar-refractivity contribution in [3.8, 4) is 0 Å². The average molecular weight is 612 g/mol. The molecule has 1 saturated carbocycles. The molecule has 3 aliphatic rings. The van der Waals surface area contributed by atoms with E-state index in [1.54, 1.807) is 6.08 Å². The Hall–Kier alpha value is -3.02. The highest BCUT2D eigenvalue weighted by atomic mass is 32.2. The standard InChI is InChI=1S/C39H49NO3S/c1-8-28-21-30-22-31(40-24-37(41)33-16-12-26(4)34-19-25(3)11-15-32(33)34)23-36(30)38(35(28)20-27(5)29-13-14-29)44(42,43)18-10-17-39(6,7)9-2/h8,11,15-16,19-21,29,31,40H,1,4,9-10,12-14,17-18,22-24H2,2-3,5-7H3/b27-20+/t31-/m1/s1. The van der Waals surface area contributed by atoms with Gasteiger partial charge in [-0.3, -0.25) is 4.79 Å². The molecule has 0 amide bonds. The Bertz CT molecular complexity index is 1670. The summed E-state index contributed by atoms with van der Waals surface area (Å²) >= 11 is 0. The van der Waals surface area contributed by atoms with Crippen molar-refractivity contribution in [2.45, 2.75) is 96.9 Å². The summed E-state index contributed by atoms with van der Waals surface area (Å²) in [7, 11) is -3.55. The molecule has 1 N–H and O–H groups in total. The number of benzene rings is 2. The van der Waals surface area contributed by atoms with Gasteiger partial charge < -0.3 is 5.32 Å². The summed E-state index contributed by atoms with van der Waals surface area (Å²) in [6.07, 6.45) is 12.7. The molecular weight excluding hydrogens is 563 g/mol. The second-order valence-corrected chi connectivity index (χ2v) is 16.1. The van der Waals surface area contributed by atoms with E-state index >= 15 is 0 Å². The molecule has 1 fully saturated rings. The number of aryl methyl sites for hydroxylation is 1. The van der Waals surface area contributed by atoms with E-state index in [9.17, 15) is 13.2 Å². The summed E-state index contributed by atoms with van der Waals surface area (Å²) in [5, 5.41) is 3.51. The maximum atomic E-state index is 14.2. The highest BCUT2D eigenvalue weighted by Gasteiger charge is 2.34. The van der Waals surface area contributed by atoms with Crippen LogP contribution in [0.25, 0.3) is 23.3 Å². The van der Waals surface area contributed by atoms with Crippen LogP contribution in [-0.2, 0) is 27.5 Å². The van der Waals surface area contributed by atoms with E-state index < -0.39 is 9.84 Å². The molecule has 4 nitrogen and oxygen atoms in total. The number of hydrogen-bond donors (Lipinski definition) is 1. The van der Waals surface area contributed by atoms with E-state index in [1.165, 1.54) is 18.4 Å². The Morgan fingerprint density at radius 1 is 1.14 bits per heavy atom. The lowest BCUT2D eigenvalue weighted by Gasteiger charge is -2.23. The summed E-state index contributed by atoms with van der Waals surface area (Å²) in [5.74, 6) is 0.741. The van der Waals surface area contributed by atoms with Crippen molar-refractivity contribution in [3.05, 3.63) is 88.0 Å². The van der Waals surface area contributed by atoms with Gasteiger partial charge in [-0.25, -0.2) is 8.42 Å². The number of nitrogens with one attached hydrogen (secondary N) is 1. The van der Waals surface area contributed by atoms with Crippen molar-refractivity contribution in [3.63, 3.8) is 0 Å². The van der Waals surface area contributed by atoms with Crippen LogP contribution < -0.4 is 5.32 Å². The lowest BCUT2D eigenvalue weighted by atomic mass is 9.85. The van der Waals surface area contributed by atoms with E-state index in [2.05, 4.69) is 71.3 Å². The molecule has 0 spiro atoms. The van der Waals surface area contributed by atoms with Crippen LogP contribution >= 0.6 is 0 Å². The highest BCUT2D eigenvalue weighted by molar-refractivity contribution is 7.91. The predicted octanol–water partition coefficient (Wildman–Crippen LogP) is 8.57. The third-order valence-corrected chi connectivity index (χ3v) is 12.0. The number of rotatable bonds is 13. The fraction of sp³-hybridized carbons (Fsp3) is 0.462. The van der Waals surface area contributed by atoms with Crippen molar-refractivity contribution >= 4 is 38.9 Å². The van der Waals surface area contributed by atoms with E-state index in [-0.39, 0.29) is 29.5 Å². The molecule has 5 rings (SSSR count). The minimum atomic E-state index is -3.55. The molecule has 2 aromatic carbocycles. The monoisotopic (exact) mass is 611 g/mol. The summed E-state index contributed by atoms with van der Waals surface area (Å²) in [6.45, 7) is 19.3. The van der Waals surface area contributed by atoms with Gasteiger partial charge in [0.25, 0.3) is 0 Å². The molecule has 44 heavy (non-hydrogen) atoms. The first-order valence-corrected chi connectivity index (χ1v) is 18.0. The lowest BCUT2D eigenvalue weighted by molar-refractivity contribution is -0.113. The fourth-order valence-electron chi connectivity index (χ4n) is 6.73. The first kappa shape index (κ1) is 32.4. The van der Waals surface area contributed by atoms with Gasteiger partial charge in [0.15, 0.2) is 15.6 Å². The van der Waals surface area contributed by atoms with Gasteiger partial charge in [0.05, 0.1) is 17.2 Å². The Labute approximate surface area is 265 Å². The van der Waals surface area contributed by atoms with E-state index in [4.69, 9.17) is 0 Å². The smallest absolute Gasteiger partial charge is 0.179 e. The second kappa shape index (κ2) is 12.8. The summed E-state index contributed by atoms with van der Waals surface area (Å²) in [6, 6.07) is 8.29. The van der Waals surface area contributed by atoms with Crippen molar-refractivity contribution < 1.29 is 13.2 Å². The van der Waals surface area contributed by atoms with Crippen LogP contribution in [0.2, 0.25) is 0 Å². The molecular formula is C39H49NO3S. The largest absolute Gasteiger partial charge is 0.306 e. The second-order valence-electron chi connectivity index (χ2n) is 14.0. The van der Waals surface area contributed by atoms with Crippen LogP contribution in [0.5, 0.6) is 0 Å². The molecule has 0 unspecified atom stereocenters. The minimum absolute atomic E-state index is 0.0139. The van der Waals surface area contributed by atoms with Gasteiger partial charge in [-0.15, -0.1) is 0 Å². The molecule has 0 radical (unpaired) electrons. The number of carbonyl (C=O) groups excluding carboxylic acids is 1. The van der Waals surface area contributed by atoms with Crippen molar-refractivity contribution in [1.29, 1.82) is 0 Å². The van der Waals surface area contributed by atoms with Crippen LogP contribution in [0.1, 0.15) is 105 Å². The SMILES string of the molecule is C=Cc1cc2c(c(S(=O)(=O)CCCC(C)(C)CC)c1/C=C(\C)C1CC1)C[C@H](NCC(=O)C1=CCC(=C)c3cc(C)ccc31)C2. The molecule has 0 aliphatic heterocycles. The van der Waals surface area contributed by atoms with Crippen molar-refractivity contribution in [2.75, 3.05) is 12.3 Å². The van der Waals surface area contributed by atoms with Crippen molar-refractivity contribution in [1.82, 2.24) is 5.32 Å². The first-order valence-electron chi connectivity index (χ1n) is 16.3. The highest BCUT2D eigenvalue weighted by Crippen LogP contribution is 2.41. The normalized spacial score (nSPS) is 18.6. The molecule has 2 aromatic rings. The molecule has 0 aromatic heterocycles. The maximum absolute atomic E-state index is 14.2. The number of fused-ring (bicyclic) bond motifs is 2. The van der Waals surface area contributed by atoms with Gasteiger partial charge in [-0.05, 0) is 104 Å². The number of sulfone groups is 1. The number of allylic oxidation sites excluding steroid dienone is 3. The van der Waals surface area contributed by atoms with Crippen LogP contribution in [0.15, 0.2) is 54.0 Å². The van der Waals surface area contributed by atoms with Crippen LogP contribution in [-0.4, -0.2) is 32.5 Å². The molecule has 0 heterocycles. The maximum Gasteiger partial charge on any atom is 0.179 e. The van der Waals surface area contributed by atoms with Gasteiger partial charge in [0.2, 0.25) is 0 Å². The van der Waals surface area contributed by atoms with E-state index in [0.717, 1.165) is 62.9 Å². The van der Waals surface area contributed by atoms with Crippen LogP contribution in [0, 0.1) is 18.3 Å². The zero-order chi connectivity index (χ0) is 31.8. The Morgan fingerprint density at radius 2 is 1.89 bits per heavy atom. The molecule has 0 bridgehead atoms. The Kier molecular flexibility index (Phi) is 9.39. The first-order chi connectivity index (χ1) is 20.8. The van der Waals surface area contributed by atoms with Crippen LogP contribution in [0.3, 0.4) is 0 Å². The van der Waals surface area contributed by atoms with Gasteiger partial charge in [0.1, 0.15) is 0 Å². The van der Waals surface area contributed by atoms with E-state index in [0.29, 0.717) is 36.5 Å². The molecule has 3 aliphatic carbocycles. The molecule has 0 saturated heterocycles. The van der Waals surface area contributed by atoms with Gasteiger partial charge >= 0.3 is 0 Å². The van der Waals surface area contributed by atoms with Gasteiger partial charge in [-0.2, -0.15) is 0 Å². The van der Waals surface area contributed by atoms with Gasteiger partial charge in [0, 0.05) is 17.2 Å². The zero-order valence-electron chi connectivity index (χ0n) is 27.3. The topological polar surface area (TPSA) is 63.2 Å². The number of ketones is 1. The molecule has 1 atom stereocenters. The lowest BCUT2D eigenvalue weighted by Crippen LogP contribution is -2.34. The quantitative estimate of drug-likeness (QED) is 0.246. The third-order valence-electron chi connectivity index (χ3n) is 10.1. The number of carbonyl (C=O) groups is 1. The number of hydrogen-bond acceptors (Lipinski definition) is 4. The van der Waals surface area contributed by atoms with Crippen LogP contribution in [0.4, 0.5) is 0 Å². The average Bonchev–Trinajstić information content (AvgIpc) is 3.75. The van der Waals surface area contributed by atoms with E-state index in [1.807, 2.05) is 18.2 Å². The number of Topliss-reactive ketones (excluding diaryl/α,β-unsaturated/α-hetero) is 1. The third kappa shape index (κ3) is 6.94. The Morgan fingerprint density at radius 3 is 2.57 bits per heavy atom. The Balaban J connectivity index is 1.41. The minimum Gasteiger partial charge on any atom is -0.306 e. The molecule has 5 heteroatoms. The van der Waals surface area contributed by atoms with Gasteiger partial charge in [-0.1, -0.05) is 94.0 Å². The summed E-state index contributed by atoms with van der Waals surface area (Å²) in [5.41, 5.74) is 9.94. The zero-order valence-corrected chi connectivity index (χ0v) is 28.1. The summed E-state index contributed by atoms with van der Waals surface area (Å²) < 4.78 is 28.4. The molecule has 234 valence electrons. The summed E-state index contributed by atoms with van der Waals surface area (Å²) in [4.78, 5) is 14.0. The van der Waals surface area contributed by atoms with Crippen molar-refractivity contribution in [2.24, 2.45) is 11.3 Å². The predicted molar refractivity (Wildman–Crippen MR) is 185 cm³/mol.